The molecule has 0 bridgehead atoms. The van der Waals surface area contributed by atoms with E-state index in [0.29, 0.717) is 17.3 Å². The van der Waals surface area contributed by atoms with Crippen LogP contribution in [0.3, 0.4) is 0 Å². The highest BCUT2D eigenvalue weighted by atomic mass is 16.5. The van der Waals surface area contributed by atoms with Crippen LogP contribution in [0.5, 0.6) is 5.75 Å². The number of nitrogens with one attached hydrogen (secondary N) is 1. The average molecular weight is 331 g/mol. The molecule has 1 aromatic heterocycles. The number of carbonyl (C=O) groups is 3. The average Bonchev–Trinajstić information content (AvgIpc) is 2.91. The molecule has 1 aromatic carbocycles. The van der Waals surface area contributed by atoms with Gasteiger partial charge in [-0.2, -0.15) is 0 Å². The van der Waals surface area contributed by atoms with Crippen molar-refractivity contribution in [3.8, 4) is 5.75 Å². The molecule has 1 heterocycles. The van der Waals surface area contributed by atoms with Crippen molar-refractivity contribution in [1.29, 1.82) is 0 Å². The molecule has 0 unspecified atom stereocenters. The Kier molecular flexibility index (Phi) is 5.36. The zero-order chi connectivity index (χ0) is 17.7. The predicted octanol–water partition coefficient (Wildman–Crippen LogP) is 2.02. The molecule has 2 rings (SSSR count). The molecule has 0 aliphatic carbocycles. The molecule has 1 N–H and O–H groups in total. The molecule has 0 aliphatic rings. The lowest BCUT2D eigenvalue weighted by atomic mass is 10.2. The first kappa shape index (κ1) is 17.3. The number of esters is 1. The maximum atomic E-state index is 11.9. The number of furan rings is 1. The zero-order valence-electron chi connectivity index (χ0n) is 13.5. The monoisotopic (exact) mass is 331 g/mol. The summed E-state index contributed by atoms with van der Waals surface area (Å²) in [6.07, 6.45) is 0. The summed E-state index contributed by atoms with van der Waals surface area (Å²) < 4.78 is 15.1. The molecule has 0 fully saturated rings. The van der Waals surface area contributed by atoms with Gasteiger partial charge in [0.15, 0.2) is 6.61 Å². The summed E-state index contributed by atoms with van der Waals surface area (Å²) in [6, 6.07) is 7.76. The van der Waals surface area contributed by atoms with Gasteiger partial charge >= 0.3 is 5.97 Å². The normalized spacial score (nSPS) is 10.1. The second kappa shape index (κ2) is 7.45. The van der Waals surface area contributed by atoms with Crippen LogP contribution in [-0.4, -0.2) is 31.5 Å². The van der Waals surface area contributed by atoms with Crippen molar-refractivity contribution in [2.24, 2.45) is 0 Å². The van der Waals surface area contributed by atoms with E-state index in [9.17, 15) is 14.4 Å². The Morgan fingerprint density at radius 2 is 1.79 bits per heavy atom. The van der Waals surface area contributed by atoms with Gasteiger partial charge in [0, 0.05) is 5.56 Å². The van der Waals surface area contributed by atoms with Crippen molar-refractivity contribution in [3.05, 3.63) is 53.0 Å². The van der Waals surface area contributed by atoms with Gasteiger partial charge in [0.1, 0.15) is 22.8 Å². The molecule has 0 saturated carbocycles. The largest absolute Gasteiger partial charge is 0.497 e. The van der Waals surface area contributed by atoms with Gasteiger partial charge in [-0.05, 0) is 44.2 Å². The van der Waals surface area contributed by atoms with Crippen molar-refractivity contribution >= 4 is 17.8 Å². The highest BCUT2D eigenvalue weighted by Gasteiger charge is 2.17. The Morgan fingerprint density at radius 1 is 1.12 bits per heavy atom. The summed E-state index contributed by atoms with van der Waals surface area (Å²) in [7, 11) is 1.51. The molecule has 2 aromatic rings. The molecular weight excluding hydrogens is 314 g/mol. The molecule has 0 atom stereocenters. The highest BCUT2D eigenvalue weighted by molar-refractivity contribution is 6.05. The van der Waals surface area contributed by atoms with E-state index in [0.717, 1.165) is 0 Å². The Morgan fingerprint density at radius 3 is 2.33 bits per heavy atom. The summed E-state index contributed by atoms with van der Waals surface area (Å²) in [5.41, 5.74) is 0.540. The number of hydrogen-bond donors (Lipinski definition) is 1. The lowest BCUT2D eigenvalue weighted by Gasteiger charge is -2.06. The lowest BCUT2D eigenvalue weighted by Crippen LogP contribution is -2.34. The minimum absolute atomic E-state index is 0.252. The maximum absolute atomic E-state index is 11.9. The predicted molar refractivity (Wildman–Crippen MR) is 83.9 cm³/mol. The third kappa shape index (κ3) is 4.22. The SMILES string of the molecule is COc1ccc(C(=O)NC(=O)COC(=O)c2cc(C)oc2C)cc1. The fourth-order valence-corrected chi connectivity index (χ4v) is 2.02. The Bertz CT molecular complexity index is 760. The topological polar surface area (TPSA) is 94.8 Å². The molecule has 24 heavy (non-hydrogen) atoms. The van der Waals surface area contributed by atoms with Gasteiger partial charge in [0.2, 0.25) is 0 Å². The molecule has 0 radical (unpaired) electrons. The van der Waals surface area contributed by atoms with Gasteiger partial charge in [-0.3, -0.25) is 14.9 Å². The number of benzene rings is 1. The molecular formula is C17H17NO6. The molecule has 7 nitrogen and oxygen atoms in total. The summed E-state index contributed by atoms with van der Waals surface area (Å²) in [5, 5.41) is 2.14. The molecule has 126 valence electrons. The number of rotatable bonds is 5. The number of ether oxygens (including phenoxy) is 2. The van der Waals surface area contributed by atoms with Crippen molar-refractivity contribution in [2.45, 2.75) is 13.8 Å². The quantitative estimate of drug-likeness (QED) is 0.842. The fourth-order valence-electron chi connectivity index (χ4n) is 2.02. The second-order valence-electron chi connectivity index (χ2n) is 5.01. The molecule has 0 aliphatic heterocycles. The second-order valence-corrected chi connectivity index (χ2v) is 5.01. The molecule has 0 saturated heterocycles. The van der Waals surface area contributed by atoms with Gasteiger partial charge in [-0.1, -0.05) is 0 Å². The molecule has 2 amide bonds. The number of amides is 2. The summed E-state index contributed by atoms with van der Waals surface area (Å²) >= 11 is 0. The smallest absolute Gasteiger partial charge is 0.342 e. The fraction of sp³-hybridized carbons (Fsp3) is 0.235. The summed E-state index contributed by atoms with van der Waals surface area (Å²) in [4.78, 5) is 35.5. The Hall–Kier alpha value is -3.09. The van der Waals surface area contributed by atoms with Gasteiger partial charge in [-0.25, -0.2) is 4.79 Å². The number of methoxy groups -OCH3 is 1. The van der Waals surface area contributed by atoms with Crippen LogP contribution in [0.2, 0.25) is 0 Å². The Balaban J connectivity index is 1.87. The first-order chi connectivity index (χ1) is 11.4. The zero-order valence-corrected chi connectivity index (χ0v) is 13.5. The van der Waals surface area contributed by atoms with Gasteiger partial charge in [0.25, 0.3) is 11.8 Å². The van der Waals surface area contributed by atoms with E-state index in [-0.39, 0.29) is 11.1 Å². The van der Waals surface area contributed by atoms with Crippen LogP contribution in [0.25, 0.3) is 0 Å². The van der Waals surface area contributed by atoms with Gasteiger partial charge in [-0.15, -0.1) is 0 Å². The summed E-state index contributed by atoms with van der Waals surface area (Å²) in [5.74, 6) is -0.421. The first-order valence-corrected chi connectivity index (χ1v) is 7.13. The van der Waals surface area contributed by atoms with E-state index in [2.05, 4.69) is 5.32 Å². The van der Waals surface area contributed by atoms with Crippen LogP contribution in [0.15, 0.2) is 34.7 Å². The van der Waals surface area contributed by atoms with Crippen LogP contribution in [-0.2, 0) is 9.53 Å². The Labute approximate surface area is 138 Å². The third-order valence-electron chi connectivity index (χ3n) is 3.20. The van der Waals surface area contributed by atoms with Crippen molar-refractivity contribution < 1.29 is 28.3 Å². The van der Waals surface area contributed by atoms with E-state index in [4.69, 9.17) is 13.9 Å². The standard InChI is InChI=1S/C17H17NO6/c1-10-8-14(11(2)24-10)17(21)23-9-15(19)18-16(20)12-4-6-13(22-3)7-5-12/h4-8H,9H2,1-3H3,(H,18,19,20). The van der Waals surface area contributed by atoms with Crippen molar-refractivity contribution in [1.82, 2.24) is 5.32 Å². The lowest BCUT2D eigenvalue weighted by molar-refractivity contribution is -0.123. The van der Waals surface area contributed by atoms with Gasteiger partial charge < -0.3 is 13.9 Å². The molecule has 0 spiro atoms. The maximum Gasteiger partial charge on any atom is 0.342 e. The van der Waals surface area contributed by atoms with E-state index in [1.807, 2.05) is 0 Å². The number of hydrogen-bond acceptors (Lipinski definition) is 6. The van der Waals surface area contributed by atoms with E-state index in [1.54, 1.807) is 26.0 Å². The van der Waals surface area contributed by atoms with Crippen LogP contribution < -0.4 is 10.1 Å². The highest BCUT2D eigenvalue weighted by Crippen LogP contribution is 2.14. The third-order valence-corrected chi connectivity index (χ3v) is 3.20. The summed E-state index contributed by atoms with van der Waals surface area (Å²) in [6.45, 7) is 2.76. The van der Waals surface area contributed by atoms with E-state index >= 15 is 0 Å². The number of aryl methyl sites for hydroxylation is 2. The van der Waals surface area contributed by atoms with Crippen LogP contribution in [0.1, 0.15) is 32.2 Å². The van der Waals surface area contributed by atoms with Crippen LogP contribution in [0.4, 0.5) is 0 Å². The van der Waals surface area contributed by atoms with E-state index < -0.39 is 24.4 Å². The minimum Gasteiger partial charge on any atom is -0.497 e. The minimum atomic E-state index is -0.720. The van der Waals surface area contributed by atoms with Gasteiger partial charge in [0.05, 0.1) is 7.11 Å². The first-order valence-electron chi connectivity index (χ1n) is 7.13. The molecule has 7 heteroatoms. The van der Waals surface area contributed by atoms with E-state index in [1.165, 1.54) is 25.3 Å². The number of carbonyl (C=O) groups excluding carboxylic acids is 3. The van der Waals surface area contributed by atoms with Crippen LogP contribution >= 0.6 is 0 Å². The van der Waals surface area contributed by atoms with Crippen molar-refractivity contribution in [2.75, 3.05) is 13.7 Å². The van der Waals surface area contributed by atoms with Crippen molar-refractivity contribution in [3.63, 3.8) is 0 Å². The van der Waals surface area contributed by atoms with Crippen LogP contribution in [0, 0.1) is 13.8 Å². The number of imide groups is 1.